The fourth-order valence-corrected chi connectivity index (χ4v) is 3.21. The van der Waals surface area contributed by atoms with Crippen LogP contribution in [0.3, 0.4) is 0 Å². The van der Waals surface area contributed by atoms with Crippen LogP contribution in [0.5, 0.6) is 5.75 Å². The third-order valence-electron chi connectivity index (χ3n) is 2.43. The molecule has 1 saturated heterocycles. The van der Waals surface area contributed by atoms with Gasteiger partial charge < -0.3 is 4.74 Å². The largest absolute Gasteiger partial charge is 0.486 e. The monoisotopic (exact) mass is 230 g/mol. The third-order valence-corrected chi connectivity index (χ3v) is 4.16. The van der Waals surface area contributed by atoms with E-state index in [1.165, 1.54) is 0 Å². The van der Waals surface area contributed by atoms with Crippen molar-refractivity contribution >= 4 is 9.84 Å². The number of hydrogen-bond acceptors (Lipinski definition) is 4. The highest BCUT2D eigenvalue weighted by molar-refractivity contribution is 7.91. The summed E-state index contributed by atoms with van der Waals surface area (Å²) in [5.41, 5.74) is 0. The molecule has 0 aromatic carbocycles. The van der Waals surface area contributed by atoms with Gasteiger partial charge in [0.25, 0.3) is 0 Å². The van der Waals surface area contributed by atoms with Gasteiger partial charge in [0, 0.05) is 6.54 Å². The summed E-state index contributed by atoms with van der Waals surface area (Å²) in [6, 6.07) is 0. The van der Waals surface area contributed by atoms with Crippen LogP contribution in [0.4, 0.5) is 0 Å². The first-order chi connectivity index (χ1) is 7.09. The molecule has 0 saturated carbocycles. The number of rotatable bonds is 3. The summed E-state index contributed by atoms with van der Waals surface area (Å²) in [7, 11) is -2.87. The Morgan fingerprint density at radius 1 is 1.67 bits per heavy atom. The molecule has 1 unspecified atom stereocenters. The van der Waals surface area contributed by atoms with Crippen molar-refractivity contribution in [3.8, 4) is 5.75 Å². The first-order valence-electron chi connectivity index (χ1n) is 4.98. The molecule has 5 nitrogen and oxygen atoms in total. The smallest absolute Gasteiger partial charge is 0.157 e. The summed E-state index contributed by atoms with van der Waals surface area (Å²) in [5, 5.41) is 4.06. The van der Waals surface area contributed by atoms with Crippen LogP contribution < -0.4 is 4.74 Å². The highest BCUT2D eigenvalue weighted by atomic mass is 32.2. The Balaban J connectivity index is 1.98. The minimum atomic E-state index is -2.87. The van der Waals surface area contributed by atoms with Gasteiger partial charge in [0.1, 0.15) is 6.10 Å². The minimum absolute atomic E-state index is 0.129. The maximum atomic E-state index is 11.2. The summed E-state index contributed by atoms with van der Waals surface area (Å²) in [6.07, 6.45) is 3.78. The molecule has 1 atom stereocenters. The van der Waals surface area contributed by atoms with Gasteiger partial charge in [0.2, 0.25) is 0 Å². The van der Waals surface area contributed by atoms with Crippen molar-refractivity contribution in [1.29, 1.82) is 0 Å². The molecule has 1 aromatic heterocycles. The van der Waals surface area contributed by atoms with Gasteiger partial charge in [-0.05, 0) is 13.3 Å². The molecule has 6 heteroatoms. The van der Waals surface area contributed by atoms with E-state index in [9.17, 15) is 8.42 Å². The van der Waals surface area contributed by atoms with Crippen molar-refractivity contribution in [1.82, 2.24) is 9.78 Å². The summed E-state index contributed by atoms with van der Waals surface area (Å²) in [5.74, 6) is 1.02. The minimum Gasteiger partial charge on any atom is -0.486 e. The molecule has 1 fully saturated rings. The molecule has 0 radical (unpaired) electrons. The fourth-order valence-electron chi connectivity index (χ4n) is 1.62. The molecule has 0 aliphatic carbocycles. The van der Waals surface area contributed by atoms with Crippen molar-refractivity contribution in [2.24, 2.45) is 0 Å². The predicted octanol–water partition coefficient (Wildman–Crippen LogP) is 0.469. The number of sulfone groups is 1. The van der Waals surface area contributed by atoms with Crippen molar-refractivity contribution in [3.05, 3.63) is 12.4 Å². The molecule has 0 N–H and O–H groups in total. The lowest BCUT2D eigenvalue weighted by Crippen LogP contribution is -2.17. The van der Waals surface area contributed by atoms with Crippen LogP contribution in [0.15, 0.2) is 12.4 Å². The van der Waals surface area contributed by atoms with E-state index >= 15 is 0 Å². The second-order valence-electron chi connectivity index (χ2n) is 3.67. The Morgan fingerprint density at radius 2 is 2.47 bits per heavy atom. The Bertz CT molecular complexity index is 438. The van der Waals surface area contributed by atoms with Gasteiger partial charge in [0.15, 0.2) is 15.6 Å². The van der Waals surface area contributed by atoms with Crippen LogP contribution in [0.25, 0.3) is 0 Å². The lowest BCUT2D eigenvalue weighted by molar-refractivity contribution is 0.228. The van der Waals surface area contributed by atoms with Crippen molar-refractivity contribution < 1.29 is 13.2 Å². The summed E-state index contributed by atoms with van der Waals surface area (Å²) < 4.78 is 29.7. The maximum absolute atomic E-state index is 11.2. The van der Waals surface area contributed by atoms with E-state index in [0.29, 0.717) is 12.2 Å². The molecule has 0 spiro atoms. The lowest BCUT2D eigenvalue weighted by Gasteiger charge is -2.08. The van der Waals surface area contributed by atoms with Gasteiger partial charge in [-0.3, -0.25) is 4.68 Å². The molecule has 1 aromatic rings. The van der Waals surface area contributed by atoms with E-state index in [1.807, 2.05) is 6.92 Å². The fraction of sp³-hybridized carbons (Fsp3) is 0.667. The maximum Gasteiger partial charge on any atom is 0.157 e. The van der Waals surface area contributed by atoms with Gasteiger partial charge in [-0.15, -0.1) is 0 Å². The molecule has 2 rings (SSSR count). The number of ether oxygens (including phenoxy) is 1. The average molecular weight is 230 g/mol. The Hall–Kier alpha value is -1.04. The molecule has 1 aliphatic rings. The lowest BCUT2D eigenvalue weighted by atomic mass is 10.3. The number of nitrogens with zero attached hydrogens (tertiary/aromatic N) is 2. The standard InChI is InChI=1S/C9H14N2O3S/c1-2-11-6-9(5-10-11)14-8-3-4-15(12,13)7-8/h5-6,8H,2-4,7H2,1H3. The van der Waals surface area contributed by atoms with Crippen LogP contribution in [0.2, 0.25) is 0 Å². The second-order valence-corrected chi connectivity index (χ2v) is 5.90. The van der Waals surface area contributed by atoms with E-state index in [-0.39, 0.29) is 17.6 Å². The summed E-state index contributed by atoms with van der Waals surface area (Å²) in [6.45, 7) is 2.77. The van der Waals surface area contributed by atoms with Crippen LogP contribution >= 0.6 is 0 Å². The molecule has 15 heavy (non-hydrogen) atoms. The second kappa shape index (κ2) is 3.84. The number of hydrogen-bond donors (Lipinski definition) is 0. The van der Waals surface area contributed by atoms with E-state index < -0.39 is 9.84 Å². The SMILES string of the molecule is CCn1cc(OC2CCS(=O)(=O)C2)cn1. The van der Waals surface area contributed by atoms with Crippen molar-refractivity contribution in [3.63, 3.8) is 0 Å². The normalized spacial score (nSPS) is 24.2. The zero-order valence-electron chi connectivity index (χ0n) is 8.59. The van der Waals surface area contributed by atoms with Gasteiger partial charge >= 0.3 is 0 Å². The predicted molar refractivity (Wildman–Crippen MR) is 55.6 cm³/mol. The first-order valence-corrected chi connectivity index (χ1v) is 6.81. The topological polar surface area (TPSA) is 61.2 Å². The van der Waals surface area contributed by atoms with Gasteiger partial charge in [-0.2, -0.15) is 5.10 Å². The van der Waals surface area contributed by atoms with Crippen LogP contribution in [-0.2, 0) is 16.4 Å². The van der Waals surface area contributed by atoms with Gasteiger partial charge in [-0.25, -0.2) is 8.42 Å². The number of aryl methyl sites for hydroxylation is 1. The molecule has 1 aliphatic heterocycles. The van der Waals surface area contributed by atoms with Crippen LogP contribution in [0.1, 0.15) is 13.3 Å². The van der Waals surface area contributed by atoms with Crippen molar-refractivity contribution in [2.45, 2.75) is 26.0 Å². The molecule has 84 valence electrons. The Morgan fingerprint density at radius 3 is 3.00 bits per heavy atom. The Labute approximate surface area is 89.0 Å². The number of aromatic nitrogens is 2. The van der Waals surface area contributed by atoms with Gasteiger partial charge in [0.05, 0.1) is 23.9 Å². The average Bonchev–Trinajstić information content (AvgIpc) is 2.73. The first kappa shape index (κ1) is 10.5. The van der Waals surface area contributed by atoms with E-state index in [2.05, 4.69) is 5.10 Å². The van der Waals surface area contributed by atoms with E-state index in [1.54, 1.807) is 17.1 Å². The molecule has 2 heterocycles. The van der Waals surface area contributed by atoms with Gasteiger partial charge in [-0.1, -0.05) is 0 Å². The Kier molecular flexibility index (Phi) is 2.68. The zero-order valence-corrected chi connectivity index (χ0v) is 9.40. The summed E-state index contributed by atoms with van der Waals surface area (Å²) >= 11 is 0. The van der Waals surface area contributed by atoms with Crippen LogP contribution in [-0.4, -0.2) is 35.8 Å². The summed E-state index contributed by atoms with van der Waals surface area (Å²) in [4.78, 5) is 0. The van der Waals surface area contributed by atoms with E-state index in [0.717, 1.165) is 6.54 Å². The molecule has 0 amide bonds. The van der Waals surface area contributed by atoms with E-state index in [4.69, 9.17) is 4.74 Å². The molecular weight excluding hydrogens is 216 g/mol. The zero-order chi connectivity index (χ0) is 10.9. The highest BCUT2D eigenvalue weighted by Gasteiger charge is 2.29. The quantitative estimate of drug-likeness (QED) is 0.757. The third kappa shape index (κ3) is 2.50. The van der Waals surface area contributed by atoms with Crippen LogP contribution in [0, 0.1) is 0 Å². The molecule has 0 bridgehead atoms. The van der Waals surface area contributed by atoms with Crippen molar-refractivity contribution in [2.75, 3.05) is 11.5 Å². The molecular formula is C9H14N2O3S. The highest BCUT2D eigenvalue weighted by Crippen LogP contribution is 2.18.